The maximum Gasteiger partial charge on any atom is 0.209 e. The molecular weight excluding hydrogens is 522 g/mol. The van der Waals surface area contributed by atoms with Crippen LogP contribution in [0.4, 0.5) is 8.78 Å². The van der Waals surface area contributed by atoms with E-state index in [0.717, 1.165) is 55.0 Å². The van der Waals surface area contributed by atoms with Crippen molar-refractivity contribution in [3.63, 3.8) is 0 Å². The van der Waals surface area contributed by atoms with Gasteiger partial charge in [-0.25, -0.2) is 21.9 Å². The molecule has 10 heteroatoms. The standard InChI is InChI=1S/C29H42F2N4O3S/c1-19-17-29(11-10-25(19)34-32-5,22-9-7-8-21(15-22)28(2,3)4)33-18-27(36)26(35-39(6,37)38)14-20-12-23(30)16-24(31)13-20/h7-9,12-13,15-16,19,26-27,32-33,35-36H,10-11,14,17-18H2,1-6H3/b34-25-. The molecule has 1 aliphatic rings. The highest BCUT2D eigenvalue weighted by molar-refractivity contribution is 7.88. The second kappa shape index (κ2) is 12.4. The monoisotopic (exact) mass is 564 g/mol. The lowest BCUT2D eigenvalue weighted by Gasteiger charge is -2.43. The highest BCUT2D eigenvalue weighted by Gasteiger charge is 2.40. The average Bonchev–Trinajstić information content (AvgIpc) is 2.82. The maximum absolute atomic E-state index is 13.8. The first-order valence-corrected chi connectivity index (χ1v) is 15.2. The largest absolute Gasteiger partial charge is 0.390 e. The summed E-state index contributed by atoms with van der Waals surface area (Å²) in [6.07, 6.45) is 1.96. The summed E-state index contributed by atoms with van der Waals surface area (Å²) in [5, 5.41) is 19.3. The van der Waals surface area contributed by atoms with Crippen molar-refractivity contribution in [3.8, 4) is 0 Å². The summed E-state index contributed by atoms with van der Waals surface area (Å²) in [5.41, 5.74) is 5.95. The zero-order chi connectivity index (χ0) is 29.0. The van der Waals surface area contributed by atoms with E-state index in [9.17, 15) is 22.3 Å². The number of benzene rings is 2. The van der Waals surface area contributed by atoms with Gasteiger partial charge in [0.2, 0.25) is 10.0 Å². The number of halogens is 2. The van der Waals surface area contributed by atoms with Crippen molar-refractivity contribution < 1.29 is 22.3 Å². The van der Waals surface area contributed by atoms with Crippen molar-refractivity contribution in [2.45, 2.75) is 76.5 Å². The third-order valence-corrected chi connectivity index (χ3v) is 8.16. The number of hydrogen-bond donors (Lipinski definition) is 4. The number of hydrazone groups is 1. The summed E-state index contributed by atoms with van der Waals surface area (Å²) in [6, 6.07) is 10.5. The molecule has 1 fully saturated rings. The number of aliphatic hydroxyl groups is 1. The van der Waals surface area contributed by atoms with Crippen molar-refractivity contribution in [3.05, 3.63) is 70.8 Å². The predicted octanol–water partition coefficient (Wildman–Crippen LogP) is 3.96. The average molecular weight is 565 g/mol. The van der Waals surface area contributed by atoms with E-state index in [1.165, 1.54) is 5.56 Å². The summed E-state index contributed by atoms with van der Waals surface area (Å²) < 4.78 is 54.3. The molecule has 2 aromatic carbocycles. The van der Waals surface area contributed by atoms with Crippen LogP contribution in [-0.4, -0.2) is 51.2 Å². The lowest BCUT2D eigenvalue weighted by Crippen LogP contribution is -2.54. The molecule has 0 aliphatic heterocycles. The maximum atomic E-state index is 13.8. The van der Waals surface area contributed by atoms with Gasteiger partial charge >= 0.3 is 0 Å². The first kappa shape index (κ1) is 31.1. The highest BCUT2D eigenvalue weighted by atomic mass is 32.2. The molecule has 4 atom stereocenters. The SMILES string of the molecule is CN/N=C1/CCC(NCC(O)C(Cc2cc(F)cc(F)c2)NS(C)(=O)=O)(c2cccc(C(C)(C)C)c2)CC1C. The van der Waals surface area contributed by atoms with Gasteiger partial charge in [0.15, 0.2) is 0 Å². The molecule has 0 heterocycles. The second-order valence-electron chi connectivity index (χ2n) is 11.8. The van der Waals surface area contributed by atoms with Gasteiger partial charge in [0.25, 0.3) is 0 Å². The van der Waals surface area contributed by atoms with Crippen LogP contribution >= 0.6 is 0 Å². The van der Waals surface area contributed by atoms with E-state index in [2.05, 4.69) is 66.5 Å². The molecule has 39 heavy (non-hydrogen) atoms. The Bertz CT molecular complexity index is 1260. The van der Waals surface area contributed by atoms with Crippen LogP contribution in [0.3, 0.4) is 0 Å². The lowest BCUT2D eigenvalue weighted by atomic mass is 9.70. The topological polar surface area (TPSA) is 103 Å². The minimum Gasteiger partial charge on any atom is -0.390 e. The Hall–Kier alpha value is -2.40. The van der Waals surface area contributed by atoms with Gasteiger partial charge in [-0.3, -0.25) is 0 Å². The van der Waals surface area contributed by atoms with E-state index in [4.69, 9.17) is 0 Å². The summed E-state index contributed by atoms with van der Waals surface area (Å²) >= 11 is 0. The minimum atomic E-state index is -3.71. The molecule has 4 N–H and O–H groups in total. The number of sulfonamides is 1. The normalized spacial score (nSPS) is 23.0. The van der Waals surface area contributed by atoms with Gasteiger partial charge in [0.1, 0.15) is 11.6 Å². The smallest absolute Gasteiger partial charge is 0.209 e. The number of rotatable bonds is 10. The Morgan fingerprint density at radius 1 is 1.15 bits per heavy atom. The Morgan fingerprint density at radius 3 is 2.38 bits per heavy atom. The van der Waals surface area contributed by atoms with Gasteiger partial charge in [-0.2, -0.15) is 5.10 Å². The van der Waals surface area contributed by atoms with E-state index < -0.39 is 39.3 Å². The molecule has 0 radical (unpaired) electrons. The van der Waals surface area contributed by atoms with Crippen LogP contribution < -0.4 is 15.5 Å². The fourth-order valence-corrected chi connectivity index (χ4v) is 6.19. The molecule has 0 spiro atoms. The zero-order valence-electron chi connectivity index (χ0n) is 23.7. The number of hydrogen-bond acceptors (Lipinski definition) is 6. The van der Waals surface area contributed by atoms with Crippen molar-refractivity contribution in [2.24, 2.45) is 11.0 Å². The van der Waals surface area contributed by atoms with Crippen LogP contribution in [0.2, 0.25) is 0 Å². The van der Waals surface area contributed by atoms with Crippen LogP contribution in [-0.2, 0) is 27.4 Å². The molecule has 3 rings (SSSR count). The Morgan fingerprint density at radius 2 is 1.82 bits per heavy atom. The third kappa shape index (κ3) is 8.54. The zero-order valence-corrected chi connectivity index (χ0v) is 24.5. The predicted molar refractivity (Wildman–Crippen MR) is 152 cm³/mol. The molecular formula is C29H42F2N4O3S. The van der Waals surface area contributed by atoms with Crippen LogP contribution in [0.25, 0.3) is 0 Å². The molecule has 1 aliphatic carbocycles. The molecule has 0 amide bonds. The van der Waals surface area contributed by atoms with Crippen LogP contribution in [0.15, 0.2) is 47.6 Å². The number of aliphatic hydroxyl groups excluding tert-OH is 1. The molecule has 216 valence electrons. The van der Waals surface area contributed by atoms with E-state index in [-0.39, 0.29) is 29.9 Å². The van der Waals surface area contributed by atoms with Gasteiger partial charge in [-0.15, -0.1) is 0 Å². The molecule has 4 unspecified atom stereocenters. The van der Waals surface area contributed by atoms with Crippen LogP contribution in [0.1, 0.15) is 63.6 Å². The minimum absolute atomic E-state index is 0.0551. The Labute approximate surface area is 231 Å². The van der Waals surface area contributed by atoms with E-state index in [0.29, 0.717) is 0 Å². The quantitative estimate of drug-likeness (QED) is 0.327. The molecule has 0 bridgehead atoms. The van der Waals surface area contributed by atoms with Gasteiger partial charge in [0, 0.05) is 30.9 Å². The second-order valence-corrected chi connectivity index (χ2v) is 13.6. The van der Waals surface area contributed by atoms with Gasteiger partial charge in [-0.1, -0.05) is 52.0 Å². The first-order chi connectivity index (χ1) is 18.1. The fourth-order valence-electron chi connectivity index (χ4n) is 5.40. The summed E-state index contributed by atoms with van der Waals surface area (Å²) in [5.74, 6) is -1.36. The van der Waals surface area contributed by atoms with Crippen molar-refractivity contribution in [1.82, 2.24) is 15.5 Å². The van der Waals surface area contributed by atoms with Gasteiger partial charge in [-0.05, 0) is 65.8 Å². The summed E-state index contributed by atoms with van der Waals surface area (Å²) in [6.45, 7) is 8.67. The Kier molecular flexibility index (Phi) is 9.91. The van der Waals surface area contributed by atoms with E-state index in [1.54, 1.807) is 7.05 Å². The van der Waals surface area contributed by atoms with Crippen LogP contribution in [0, 0.1) is 17.6 Å². The molecule has 7 nitrogen and oxygen atoms in total. The lowest BCUT2D eigenvalue weighted by molar-refractivity contribution is 0.113. The summed E-state index contributed by atoms with van der Waals surface area (Å²) in [4.78, 5) is 0. The van der Waals surface area contributed by atoms with Gasteiger partial charge in [0.05, 0.1) is 18.4 Å². The van der Waals surface area contributed by atoms with E-state index in [1.807, 2.05) is 6.07 Å². The molecule has 0 aromatic heterocycles. The molecule has 0 saturated heterocycles. The first-order valence-electron chi connectivity index (χ1n) is 13.3. The number of nitrogens with one attached hydrogen (secondary N) is 3. The fraction of sp³-hybridized carbons (Fsp3) is 0.552. The van der Waals surface area contributed by atoms with Crippen molar-refractivity contribution in [2.75, 3.05) is 19.8 Å². The Balaban J connectivity index is 1.92. The summed E-state index contributed by atoms with van der Waals surface area (Å²) in [7, 11) is -1.93. The molecule has 1 saturated carbocycles. The number of nitrogens with zero attached hydrogens (tertiary/aromatic N) is 1. The van der Waals surface area contributed by atoms with Crippen molar-refractivity contribution >= 4 is 15.7 Å². The third-order valence-electron chi connectivity index (χ3n) is 7.43. The van der Waals surface area contributed by atoms with Crippen molar-refractivity contribution in [1.29, 1.82) is 0 Å². The van der Waals surface area contributed by atoms with E-state index >= 15 is 0 Å². The highest BCUT2D eigenvalue weighted by Crippen LogP contribution is 2.40. The van der Waals surface area contributed by atoms with Crippen LogP contribution in [0.5, 0.6) is 0 Å². The molecule has 2 aromatic rings. The van der Waals surface area contributed by atoms with Gasteiger partial charge < -0.3 is 15.8 Å².